The molecule has 146 valence electrons. The Hall–Kier alpha value is -2.90. The van der Waals surface area contributed by atoms with Gasteiger partial charge >= 0.3 is 5.97 Å². The standard InChI is InChI=1S/C19H26N4O4/c1-7-23(19(5,10(2)3)18(20)27)16(24)15-12(17(25)26)8-9-13-14(15)11(4)21-22(13)6/h8-10H,7H2,1-6H3,(H2,20,27)(H,25,26). The number of aryl methyl sites for hydroxylation is 2. The van der Waals surface area contributed by atoms with E-state index in [-0.39, 0.29) is 23.6 Å². The number of hydrogen-bond acceptors (Lipinski definition) is 4. The van der Waals surface area contributed by atoms with Gasteiger partial charge in [0.1, 0.15) is 5.54 Å². The maximum Gasteiger partial charge on any atom is 0.336 e. The first-order chi connectivity index (χ1) is 12.5. The monoisotopic (exact) mass is 374 g/mol. The van der Waals surface area contributed by atoms with E-state index in [1.165, 1.54) is 11.0 Å². The molecule has 0 saturated heterocycles. The Kier molecular flexibility index (Phi) is 5.30. The van der Waals surface area contributed by atoms with E-state index in [1.54, 1.807) is 52.4 Å². The summed E-state index contributed by atoms with van der Waals surface area (Å²) < 4.78 is 1.60. The normalized spacial score (nSPS) is 13.6. The van der Waals surface area contributed by atoms with Crippen LogP contribution in [0, 0.1) is 12.8 Å². The molecule has 1 aromatic heterocycles. The number of carboxylic acids is 1. The molecule has 3 N–H and O–H groups in total. The Morgan fingerprint density at radius 3 is 2.37 bits per heavy atom. The molecule has 0 aliphatic rings. The topological polar surface area (TPSA) is 119 Å². The largest absolute Gasteiger partial charge is 0.478 e. The zero-order valence-electron chi connectivity index (χ0n) is 16.5. The summed E-state index contributed by atoms with van der Waals surface area (Å²) in [5.74, 6) is -2.67. The molecule has 0 spiro atoms. The fourth-order valence-corrected chi connectivity index (χ4v) is 3.50. The summed E-state index contributed by atoms with van der Waals surface area (Å²) in [6, 6.07) is 3.02. The van der Waals surface area contributed by atoms with Gasteiger partial charge in [0.15, 0.2) is 0 Å². The molecule has 8 heteroatoms. The zero-order chi connectivity index (χ0) is 20.7. The number of aromatic nitrogens is 2. The average molecular weight is 374 g/mol. The second-order valence-corrected chi connectivity index (χ2v) is 7.11. The van der Waals surface area contributed by atoms with Gasteiger partial charge in [0.25, 0.3) is 5.91 Å². The van der Waals surface area contributed by atoms with Gasteiger partial charge in [0.2, 0.25) is 5.91 Å². The van der Waals surface area contributed by atoms with Crippen LogP contribution in [0.4, 0.5) is 0 Å². The van der Waals surface area contributed by atoms with Crippen molar-refractivity contribution in [2.24, 2.45) is 18.7 Å². The van der Waals surface area contributed by atoms with Crippen LogP contribution in [0.1, 0.15) is 54.1 Å². The first-order valence-electron chi connectivity index (χ1n) is 8.79. The van der Waals surface area contributed by atoms with Crippen molar-refractivity contribution in [1.29, 1.82) is 0 Å². The van der Waals surface area contributed by atoms with Crippen LogP contribution >= 0.6 is 0 Å². The molecule has 1 atom stereocenters. The molecule has 1 aromatic carbocycles. The van der Waals surface area contributed by atoms with Crippen LogP contribution in [0.25, 0.3) is 10.9 Å². The third-order valence-corrected chi connectivity index (χ3v) is 5.38. The number of hydrogen-bond donors (Lipinski definition) is 2. The van der Waals surface area contributed by atoms with Crippen LogP contribution in [0.5, 0.6) is 0 Å². The number of amides is 2. The maximum atomic E-state index is 13.5. The Morgan fingerprint density at radius 2 is 1.93 bits per heavy atom. The Bertz CT molecular complexity index is 931. The zero-order valence-corrected chi connectivity index (χ0v) is 16.5. The summed E-state index contributed by atoms with van der Waals surface area (Å²) in [4.78, 5) is 39.0. The lowest BCUT2D eigenvalue weighted by atomic mass is 9.84. The van der Waals surface area contributed by atoms with Crippen LogP contribution in [-0.4, -0.2) is 49.7 Å². The van der Waals surface area contributed by atoms with Crippen molar-refractivity contribution < 1.29 is 19.5 Å². The molecule has 1 unspecified atom stereocenters. The van der Waals surface area contributed by atoms with Crippen LogP contribution in [-0.2, 0) is 11.8 Å². The number of nitrogens with two attached hydrogens (primary N) is 1. The molecule has 8 nitrogen and oxygen atoms in total. The Morgan fingerprint density at radius 1 is 1.33 bits per heavy atom. The van der Waals surface area contributed by atoms with E-state index in [4.69, 9.17) is 5.73 Å². The number of fused-ring (bicyclic) bond motifs is 1. The van der Waals surface area contributed by atoms with Gasteiger partial charge in [-0.05, 0) is 38.8 Å². The summed E-state index contributed by atoms with van der Waals surface area (Å²) in [6.07, 6.45) is 0. The lowest BCUT2D eigenvalue weighted by Gasteiger charge is -2.41. The molecule has 2 rings (SSSR count). The predicted molar refractivity (Wildman–Crippen MR) is 102 cm³/mol. The number of carbonyl (C=O) groups excluding carboxylic acids is 2. The highest BCUT2D eigenvalue weighted by Crippen LogP contribution is 2.31. The van der Waals surface area contributed by atoms with E-state index in [0.717, 1.165) is 0 Å². The molecule has 1 heterocycles. The summed E-state index contributed by atoms with van der Waals surface area (Å²) in [6.45, 7) is 8.86. The van der Waals surface area contributed by atoms with Crippen molar-refractivity contribution in [2.75, 3.05) is 6.54 Å². The number of benzene rings is 1. The molecule has 0 bridgehead atoms. The Balaban J connectivity index is 2.84. The average Bonchev–Trinajstić information content (AvgIpc) is 2.88. The van der Waals surface area contributed by atoms with E-state index in [2.05, 4.69) is 5.10 Å². The SMILES string of the molecule is CCN(C(=O)c1c(C(=O)O)ccc2c1c(C)nn2C)C(C)(C(N)=O)C(C)C. The molecular formula is C19H26N4O4. The highest BCUT2D eigenvalue weighted by atomic mass is 16.4. The fraction of sp³-hybridized carbons (Fsp3) is 0.474. The van der Waals surface area contributed by atoms with Gasteiger partial charge in [-0.15, -0.1) is 0 Å². The highest BCUT2D eigenvalue weighted by molar-refractivity contribution is 6.15. The number of aromatic carboxylic acids is 1. The highest BCUT2D eigenvalue weighted by Gasteiger charge is 2.44. The van der Waals surface area contributed by atoms with Gasteiger partial charge in [-0.1, -0.05) is 13.8 Å². The predicted octanol–water partition coefficient (Wildman–Crippen LogP) is 1.94. The number of primary amides is 1. The molecule has 27 heavy (non-hydrogen) atoms. The van der Waals surface area contributed by atoms with E-state index < -0.39 is 23.3 Å². The van der Waals surface area contributed by atoms with E-state index in [1.807, 2.05) is 0 Å². The van der Waals surface area contributed by atoms with Crippen LogP contribution in [0.2, 0.25) is 0 Å². The third kappa shape index (κ3) is 3.05. The first-order valence-corrected chi connectivity index (χ1v) is 8.79. The molecule has 0 fully saturated rings. The lowest BCUT2D eigenvalue weighted by molar-refractivity contribution is -0.130. The van der Waals surface area contributed by atoms with Crippen molar-refractivity contribution in [1.82, 2.24) is 14.7 Å². The van der Waals surface area contributed by atoms with E-state index in [9.17, 15) is 19.5 Å². The molecular weight excluding hydrogens is 348 g/mol. The second kappa shape index (κ2) is 7.02. The molecule has 2 aromatic rings. The Labute approximate surface area is 157 Å². The van der Waals surface area contributed by atoms with Crippen LogP contribution in [0.3, 0.4) is 0 Å². The lowest BCUT2D eigenvalue weighted by Crippen LogP contribution is -2.60. The van der Waals surface area contributed by atoms with Crippen molar-refractivity contribution in [3.05, 3.63) is 29.0 Å². The number of carboxylic acid groups (broad SMARTS) is 1. The van der Waals surface area contributed by atoms with Crippen LogP contribution < -0.4 is 5.73 Å². The maximum absolute atomic E-state index is 13.5. The molecule has 2 amide bonds. The third-order valence-electron chi connectivity index (χ3n) is 5.38. The van der Waals surface area contributed by atoms with Gasteiger partial charge in [0.05, 0.1) is 22.3 Å². The summed E-state index contributed by atoms with van der Waals surface area (Å²) >= 11 is 0. The summed E-state index contributed by atoms with van der Waals surface area (Å²) in [7, 11) is 1.73. The minimum Gasteiger partial charge on any atom is -0.478 e. The number of rotatable bonds is 6. The molecule has 0 aliphatic heterocycles. The van der Waals surface area contributed by atoms with Gasteiger partial charge in [-0.2, -0.15) is 5.10 Å². The smallest absolute Gasteiger partial charge is 0.336 e. The van der Waals surface area contributed by atoms with Crippen molar-refractivity contribution >= 4 is 28.7 Å². The van der Waals surface area contributed by atoms with E-state index >= 15 is 0 Å². The molecule has 0 radical (unpaired) electrons. The van der Waals surface area contributed by atoms with Crippen molar-refractivity contribution in [3.63, 3.8) is 0 Å². The fourth-order valence-electron chi connectivity index (χ4n) is 3.50. The minimum absolute atomic E-state index is 0.0283. The van der Waals surface area contributed by atoms with Crippen LogP contribution in [0.15, 0.2) is 12.1 Å². The van der Waals surface area contributed by atoms with Gasteiger partial charge in [-0.3, -0.25) is 14.3 Å². The van der Waals surface area contributed by atoms with Gasteiger partial charge in [-0.25, -0.2) is 4.79 Å². The van der Waals surface area contributed by atoms with E-state index in [0.29, 0.717) is 16.6 Å². The summed E-state index contributed by atoms with van der Waals surface area (Å²) in [5, 5.41) is 14.4. The first kappa shape index (κ1) is 20.4. The number of carbonyl (C=O) groups is 3. The van der Waals surface area contributed by atoms with Gasteiger partial charge < -0.3 is 15.7 Å². The number of likely N-dealkylation sites (N-methyl/N-ethyl adjacent to an activating group) is 1. The molecule has 0 aliphatic carbocycles. The summed E-state index contributed by atoms with van der Waals surface area (Å²) in [5.41, 5.74) is 5.46. The molecule has 0 saturated carbocycles. The minimum atomic E-state index is -1.26. The van der Waals surface area contributed by atoms with Crippen molar-refractivity contribution in [3.8, 4) is 0 Å². The van der Waals surface area contributed by atoms with Gasteiger partial charge in [0, 0.05) is 19.0 Å². The number of nitrogens with zero attached hydrogens (tertiary/aromatic N) is 3. The second-order valence-electron chi connectivity index (χ2n) is 7.11. The quantitative estimate of drug-likeness (QED) is 0.801. The van der Waals surface area contributed by atoms with Crippen molar-refractivity contribution in [2.45, 2.75) is 40.2 Å².